The number of benzene rings is 4. The van der Waals surface area contributed by atoms with E-state index in [9.17, 15) is 19.1 Å². The van der Waals surface area contributed by atoms with Crippen molar-refractivity contribution in [2.75, 3.05) is 26.8 Å². The fourth-order valence-electron chi connectivity index (χ4n) is 4.59. The zero-order chi connectivity index (χ0) is 30.6. The van der Waals surface area contributed by atoms with Crippen molar-refractivity contribution in [3.8, 4) is 11.5 Å². The summed E-state index contributed by atoms with van der Waals surface area (Å²) in [5.74, 6) is 0.393. The Bertz CT molecular complexity index is 1530. The second-order valence-corrected chi connectivity index (χ2v) is 10.1. The lowest BCUT2D eigenvalue weighted by molar-refractivity contribution is -0.00989. The molecule has 224 valence electrons. The molecule has 0 saturated carbocycles. The number of hydrogen-bond acceptors (Lipinski definition) is 5. The first-order valence-electron chi connectivity index (χ1n) is 14.2. The van der Waals surface area contributed by atoms with Gasteiger partial charge in [-0.1, -0.05) is 73.7 Å². The molecule has 1 amide bonds. The summed E-state index contributed by atoms with van der Waals surface area (Å²) >= 11 is 0. The summed E-state index contributed by atoms with van der Waals surface area (Å²) in [6.45, 7) is 2.34. The first-order valence-corrected chi connectivity index (χ1v) is 14.2. The molecule has 0 spiro atoms. The van der Waals surface area contributed by atoms with Gasteiger partial charge in [-0.25, -0.2) is 14.0 Å². The molecule has 43 heavy (non-hydrogen) atoms. The summed E-state index contributed by atoms with van der Waals surface area (Å²) in [5, 5.41) is 11.3. The van der Waals surface area contributed by atoms with Crippen molar-refractivity contribution in [2.24, 2.45) is 0 Å². The summed E-state index contributed by atoms with van der Waals surface area (Å²) in [4.78, 5) is 26.0. The van der Waals surface area contributed by atoms with Crippen LogP contribution in [0, 0.1) is 0 Å². The van der Waals surface area contributed by atoms with E-state index in [1.165, 1.54) is 17.0 Å². The van der Waals surface area contributed by atoms with Crippen LogP contribution in [0.4, 0.5) is 9.18 Å². The minimum absolute atomic E-state index is 0.110. The molecule has 0 aliphatic rings. The topological polar surface area (TPSA) is 85.3 Å². The number of amides is 1. The van der Waals surface area contributed by atoms with Gasteiger partial charge in [0.15, 0.2) is 0 Å². The Morgan fingerprint density at radius 1 is 0.953 bits per heavy atom. The van der Waals surface area contributed by atoms with E-state index in [4.69, 9.17) is 14.2 Å². The zero-order valence-corrected chi connectivity index (χ0v) is 24.4. The third kappa shape index (κ3) is 9.07. The van der Waals surface area contributed by atoms with Crippen molar-refractivity contribution in [1.82, 2.24) is 4.90 Å². The van der Waals surface area contributed by atoms with E-state index in [0.29, 0.717) is 24.2 Å². The molecule has 4 rings (SSSR count). The first kappa shape index (κ1) is 31.1. The van der Waals surface area contributed by atoms with Gasteiger partial charge in [0.1, 0.15) is 18.1 Å². The molecule has 0 aliphatic heterocycles. The van der Waals surface area contributed by atoms with E-state index in [2.05, 4.69) is 0 Å². The molecule has 0 heterocycles. The van der Waals surface area contributed by atoms with E-state index in [0.717, 1.165) is 27.6 Å². The standard InChI is InChI=1S/C35H36FNO6/c1-3-7-33(36)43-35(40)37(21-20-25-14-18-30(41-2)19-15-25)23-27(22-26-12-16-29(17-13-26)34(38)39)24-42-32-11-6-9-28-8-4-5-10-31(28)32/h4-6,8-19,22,33H,3,7,20-21,23-24H2,1-2H3,(H,38,39). The van der Waals surface area contributed by atoms with Gasteiger partial charge in [-0.05, 0) is 65.3 Å². The molecule has 0 fully saturated rings. The van der Waals surface area contributed by atoms with E-state index in [-0.39, 0.29) is 31.7 Å². The Balaban J connectivity index is 1.61. The van der Waals surface area contributed by atoms with Gasteiger partial charge in [0, 0.05) is 24.9 Å². The number of carboxylic acid groups (broad SMARTS) is 1. The molecule has 1 N–H and O–H groups in total. The van der Waals surface area contributed by atoms with Gasteiger partial charge in [-0.15, -0.1) is 0 Å². The monoisotopic (exact) mass is 585 g/mol. The second-order valence-electron chi connectivity index (χ2n) is 10.1. The number of alkyl halides is 1. The van der Waals surface area contributed by atoms with Crippen molar-refractivity contribution < 1.29 is 33.3 Å². The number of fused-ring (bicyclic) bond motifs is 1. The molecule has 1 unspecified atom stereocenters. The quantitative estimate of drug-likeness (QED) is 0.163. The van der Waals surface area contributed by atoms with Gasteiger partial charge in [0.2, 0.25) is 6.36 Å². The van der Waals surface area contributed by atoms with Gasteiger partial charge in [0.25, 0.3) is 0 Å². The lowest BCUT2D eigenvalue weighted by Gasteiger charge is -2.25. The van der Waals surface area contributed by atoms with Crippen LogP contribution in [0.2, 0.25) is 0 Å². The van der Waals surface area contributed by atoms with Crippen LogP contribution >= 0.6 is 0 Å². The minimum Gasteiger partial charge on any atom is -0.497 e. The Morgan fingerprint density at radius 3 is 2.37 bits per heavy atom. The highest BCUT2D eigenvalue weighted by molar-refractivity contribution is 5.88. The predicted molar refractivity (Wildman–Crippen MR) is 165 cm³/mol. The Labute approximate surface area is 251 Å². The second kappa shape index (κ2) is 15.4. The van der Waals surface area contributed by atoms with Gasteiger partial charge in [0.05, 0.1) is 12.7 Å². The number of rotatable bonds is 14. The largest absolute Gasteiger partial charge is 0.497 e. The number of aromatic carboxylic acids is 1. The van der Waals surface area contributed by atoms with Crippen LogP contribution in [0.5, 0.6) is 11.5 Å². The molecular formula is C35H36FNO6. The highest BCUT2D eigenvalue weighted by Crippen LogP contribution is 2.26. The van der Waals surface area contributed by atoms with Crippen LogP contribution < -0.4 is 9.47 Å². The van der Waals surface area contributed by atoms with Crippen molar-refractivity contribution in [3.05, 3.63) is 113 Å². The van der Waals surface area contributed by atoms with Crippen LogP contribution in [0.15, 0.2) is 96.6 Å². The summed E-state index contributed by atoms with van der Waals surface area (Å²) < 4.78 is 31.1. The van der Waals surface area contributed by atoms with E-state index < -0.39 is 18.4 Å². The maximum atomic E-state index is 14.4. The van der Waals surface area contributed by atoms with Crippen LogP contribution in [-0.2, 0) is 11.2 Å². The smallest absolute Gasteiger partial charge is 0.412 e. The van der Waals surface area contributed by atoms with Crippen molar-refractivity contribution in [2.45, 2.75) is 32.5 Å². The lowest BCUT2D eigenvalue weighted by atomic mass is 10.1. The number of halogens is 1. The van der Waals surface area contributed by atoms with Gasteiger partial charge in [-0.2, -0.15) is 0 Å². The van der Waals surface area contributed by atoms with Crippen LogP contribution in [0.1, 0.15) is 41.3 Å². The number of carbonyl (C=O) groups is 2. The predicted octanol–water partition coefficient (Wildman–Crippen LogP) is 7.79. The average Bonchev–Trinajstić information content (AvgIpc) is 3.02. The molecule has 4 aromatic carbocycles. The number of ether oxygens (including phenoxy) is 3. The molecule has 7 nitrogen and oxygen atoms in total. The number of methoxy groups -OCH3 is 1. The summed E-state index contributed by atoms with van der Waals surface area (Å²) in [6.07, 6.45) is 0.547. The average molecular weight is 586 g/mol. The van der Waals surface area contributed by atoms with Crippen LogP contribution in [0.3, 0.4) is 0 Å². The molecule has 0 bridgehead atoms. The molecule has 0 radical (unpaired) electrons. The Kier molecular flexibility index (Phi) is 11.1. The summed E-state index contributed by atoms with van der Waals surface area (Å²) in [7, 11) is 1.60. The van der Waals surface area contributed by atoms with E-state index in [1.54, 1.807) is 19.2 Å². The number of carboxylic acids is 1. The third-order valence-corrected chi connectivity index (χ3v) is 6.92. The maximum absolute atomic E-state index is 14.4. The Hall–Kier alpha value is -4.85. The van der Waals surface area contributed by atoms with E-state index in [1.807, 2.05) is 79.7 Å². The van der Waals surface area contributed by atoms with Crippen molar-refractivity contribution >= 4 is 28.9 Å². The highest BCUT2D eigenvalue weighted by atomic mass is 19.1. The molecule has 0 saturated heterocycles. The Morgan fingerprint density at radius 2 is 1.67 bits per heavy atom. The molecule has 1 atom stereocenters. The van der Waals surface area contributed by atoms with Crippen molar-refractivity contribution in [1.29, 1.82) is 0 Å². The summed E-state index contributed by atoms with van der Waals surface area (Å²) in [5.41, 5.74) is 2.60. The fourth-order valence-corrected chi connectivity index (χ4v) is 4.59. The third-order valence-electron chi connectivity index (χ3n) is 6.92. The number of nitrogens with zero attached hydrogens (tertiary/aromatic N) is 1. The first-order chi connectivity index (χ1) is 20.9. The molecule has 0 aromatic heterocycles. The summed E-state index contributed by atoms with van der Waals surface area (Å²) in [6, 6.07) is 27.6. The lowest BCUT2D eigenvalue weighted by Crippen LogP contribution is -2.37. The molecular weight excluding hydrogens is 549 g/mol. The minimum atomic E-state index is -1.70. The van der Waals surface area contributed by atoms with Crippen LogP contribution in [-0.4, -0.2) is 55.2 Å². The van der Waals surface area contributed by atoms with Gasteiger partial charge >= 0.3 is 12.1 Å². The molecule has 4 aromatic rings. The highest BCUT2D eigenvalue weighted by Gasteiger charge is 2.21. The molecule has 0 aliphatic carbocycles. The maximum Gasteiger partial charge on any atom is 0.412 e. The fraction of sp³-hybridized carbons (Fsp3) is 0.257. The SMILES string of the molecule is CCCC(F)OC(=O)N(CCc1ccc(OC)cc1)CC(=Cc1ccc(C(=O)O)cc1)COc1cccc2ccccc12. The number of carbonyl (C=O) groups excluding carboxylic acids is 1. The van der Waals surface area contributed by atoms with Gasteiger partial charge in [-0.3, -0.25) is 0 Å². The number of hydrogen-bond donors (Lipinski definition) is 1. The van der Waals surface area contributed by atoms with Crippen molar-refractivity contribution in [3.63, 3.8) is 0 Å². The van der Waals surface area contributed by atoms with Gasteiger partial charge < -0.3 is 24.2 Å². The van der Waals surface area contributed by atoms with E-state index >= 15 is 0 Å². The zero-order valence-electron chi connectivity index (χ0n) is 24.4. The molecule has 8 heteroatoms. The van der Waals surface area contributed by atoms with Crippen LogP contribution in [0.25, 0.3) is 16.8 Å². The normalized spacial score (nSPS) is 12.0.